The monoisotopic (exact) mass is 361 g/mol. The minimum absolute atomic E-state index is 0.404. The van der Waals surface area contributed by atoms with Crippen molar-refractivity contribution in [3.05, 3.63) is 90.0 Å². The second-order valence-corrected chi connectivity index (χ2v) is 6.30. The highest BCUT2D eigenvalue weighted by atomic mass is 16.5. The van der Waals surface area contributed by atoms with E-state index < -0.39 is 12.0 Å². The average molecular weight is 361 g/mol. The predicted octanol–water partition coefficient (Wildman–Crippen LogP) is 3.98. The van der Waals surface area contributed by atoms with Crippen LogP contribution in [0.15, 0.2) is 78.9 Å². The van der Waals surface area contributed by atoms with Crippen molar-refractivity contribution in [2.75, 3.05) is 7.11 Å². The van der Waals surface area contributed by atoms with E-state index in [1.165, 1.54) is 7.11 Å². The molecule has 0 amide bonds. The van der Waals surface area contributed by atoms with Crippen molar-refractivity contribution in [1.82, 2.24) is 0 Å². The van der Waals surface area contributed by atoms with Crippen molar-refractivity contribution in [2.45, 2.75) is 19.1 Å². The smallest absolute Gasteiger partial charge is 0.322 e. The van der Waals surface area contributed by atoms with Gasteiger partial charge in [-0.05, 0) is 29.2 Å². The largest absolute Gasteiger partial charge is 0.488 e. The van der Waals surface area contributed by atoms with E-state index >= 15 is 0 Å². The molecule has 0 aromatic heterocycles. The summed E-state index contributed by atoms with van der Waals surface area (Å²) in [5.74, 6) is 0.430. The van der Waals surface area contributed by atoms with Gasteiger partial charge in [0.25, 0.3) is 0 Å². The number of carbonyl (C=O) groups excluding carboxylic acids is 1. The molecule has 4 nitrogen and oxygen atoms in total. The fraction of sp³-hybridized carbons (Fsp3) is 0.174. The molecule has 1 atom stereocenters. The first-order chi connectivity index (χ1) is 13.2. The molecule has 3 aromatic rings. The Balaban J connectivity index is 1.73. The van der Waals surface area contributed by atoms with E-state index in [2.05, 4.69) is 4.74 Å². The number of hydrogen-bond acceptors (Lipinski definition) is 4. The molecule has 0 bridgehead atoms. The zero-order chi connectivity index (χ0) is 19.1. The number of nitrogens with two attached hydrogens (primary N) is 1. The van der Waals surface area contributed by atoms with Gasteiger partial charge >= 0.3 is 5.97 Å². The lowest BCUT2D eigenvalue weighted by Gasteiger charge is -2.13. The summed E-state index contributed by atoms with van der Waals surface area (Å²) in [5.41, 5.74) is 10.0. The van der Waals surface area contributed by atoms with Crippen LogP contribution in [0.4, 0.5) is 0 Å². The molecular weight excluding hydrogens is 338 g/mol. The molecular formula is C23H23NO3. The van der Waals surface area contributed by atoms with Crippen LogP contribution in [-0.4, -0.2) is 19.1 Å². The van der Waals surface area contributed by atoms with Crippen LogP contribution >= 0.6 is 0 Å². The number of methoxy groups -OCH3 is 1. The summed E-state index contributed by atoms with van der Waals surface area (Å²) >= 11 is 0. The number of rotatable bonds is 7. The SMILES string of the molecule is COC(=O)C(N)Cc1ccc(-c2ccccc2OCc2ccccc2)cc1. The van der Waals surface area contributed by atoms with Crippen LogP contribution in [0.2, 0.25) is 0 Å². The van der Waals surface area contributed by atoms with Gasteiger partial charge in [0.1, 0.15) is 18.4 Å². The Morgan fingerprint density at radius 1 is 0.889 bits per heavy atom. The van der Waals surface area contributed by atoms with E-state index in [0.29, 0.717) is 13.0 Å². The van der Waals surface area contributed by atoms with Crippen LogP contribution in [0.1, 0.15) is 11.1 Å². The maximum absolute atomic E-state index is 11.5. The van der Waals surface area contributed by atoms with Crippen molar-refractivity contribution in [2.24, 2.45) is 5.73 Å². The Morgan fingerprint density at radius 2 is 1.56 bits per heavy atom. The first-order valence-corrected chi connectivity index (χ1v) is 8.86. The Labute approximate surface area is 159 Å². The lowest BCUT2D eigenvalue weighted by molar-refractivity contribution is -0.142. The topological polar surface area (TPSA) is 61.5 Å². The normalized spacial score (nSPS) is 11.6. The summed E-state index contributed by atoms with van der Waals surface area (Å²) in [6.07, 6.45) is 0.444. The third-order valence-corrected chi connectivity index (χ3v) is 4.35. The van der Waals surface area contributed by atoms with Gasteiger partial charge in [0.05, 0.1) is 7.11 Å². The zero-order valence-corrected chi connectivity index (χ0v) is 15.3. The van der Waals surface area contributed by atoms with Gasteiger partial charge in [-0.25, -0.2) is 0 Å². The molecule has 27 heavy (non-hydrogen) atoms. The molecule has 0 spiro atoms. The molecule has 0 aliphatic rings. The van der Waals surface area contributed by atoms with Gasteiger partial charge in [-0.1, -0.05) is 72.8 Å². The van der Waals surface area contributed by atoms with Crippen LogP contribution < -0.4 is 10.5 Å². The Bertz CT molecular complexity index is 876. The lowest BCUT2D eigenvalue weighted by atomic mass is 10.0. The van der Waals surface area contributed by atoms with Gasteiger partial charge in [-0.15, -0.1) is 0 Å². The van der Waals surface area contributed by atoms with Gasteiger partial charge in [0.15, 0.2) is 0 Å². The molecule has 138 valence electrons. The van der Waals surface area contributed by atoms with Crippen LogP contribution in [0, 0.1) is 0 Å². The Morgan fingerprint density at radius 3 is 2.26 bits per heavy atom. The summed E-state index contributed by atoms with van der Waals surface area (Å²) in [5, 5.41) is 0. The predicted molar refractivity (Wildman–Crippen MR) is 106 cm³/mol. The second-order valence-electron chi connectivity index (χ2n) is 6.30. The van der Waals surface area contributed by atoms with E-state index in [-0.39, 0.29) is 0 Å². The number of esters is 1. The van der Waals surface area contributed by atoms with Crippen LogP contribution in [0.3, 0.4) is 0 Å². The number of para-hydroxylation sites is 1. The van der Waals surface area contributed by atoms with Gasteiger partial charge in [0, 0.05) is 5.56 Å². The van der Waals surface area contributed by atoms with Crippen molar-refractivity contribution < 1.29 is 14.3 Å². The van der Waals surface area contributed by atoms with E-state index in [4.69, 9.17) is 10.5 Å². The molecule has 0 saturated heterocycles. The summed E-state index contributed by atoms with van der Waals surface area (Å²) in [6.45, 7) is 0.518. The number of ether oxygens (including phenoxy) is 2. The summed E-state index contributed by atoms with van der Waals surface area (Å²) < 4.78 is 10.7. The van der Waals surface area contributed by atoms with Crippen molar-refractivity contribution >= 4 is 5.97 Å². The number of benzene rings is 3. The van der Waals surface area contributed by atoms with Gasteiger partial charge in [0.2, 0.25) is 0 Å². The molecule has 3 rings (SSSR count). The maximum atomic E-state index is 11.5. The summed E-state index contributed by atoms with van der Waals surface area (Å²) in [4.78, 5) is 11.5. The highest BCUT2D eigenvalue weighted by Gasteiger charge is 2.14. The van der Waals surface area contributed by atoms with Crippen molar-refractivity contribution in [3.8, 4) is 16.9 Å². The van der Waals surface area contributed by atoms with Gasteiger partial charge in [-0.3, -0.25) is 4.79 Å². The zero-order valence-electron chi connectivity index (χ0n) is 15.3. The highest BCUT2D eigenvalue weighted by molar-refractivity contribution is 5.76. The first kappa shape index (κ1) is 18.7. The van der Waals surface area contributed by atoms with E-state index in [1.54, 1.807) is 0 Å². The molecule has 2 N–H and O–H groups in total. The third-order valence-electron chi connectivity index (χ3n) is 4.35. The quantitative estimate of drug-likeness (QED) is 0.647. The first-order valence-electron chi connectivity index (χ1n) is 8.86. The van der Waals surface area contributed by atoms with E-state index in [1.807, 2.05) is 78.9 Å². The molecule has 0 saturated carbocycles. The molecule has 0 aliphatic carbocycles. The fourth-order valence-corrected chi connectivity index (χ4v) is 2.88. The summed E-state index contributed by atoms with van der Waals surface area (Å²) in [6, 6.07) is 25.4. The Hall–Kier alpha value is -3.11. The van der Waals surface area contributed by atoms with E-state index in [0.717, 1.165) is 28.0 Å². The average Bonchev–Trinajstić information content (AvgIpc) is 2.73. The second kappa shape index (κ2) is 9.01. The van der Waals surface area contributed by atoms with Crippen molar-refractivity contribution in [3.63, 3.8) is 0 Å². The standard InChI is InChI=1S/C23H23NO3/c1-26-23(25)21(24)15-17-11-13-19(14-12-17)20-9-5-6-10-22(20)27-16-18-7-3-2-4-8-18/h2-14,21H,15-16,24H2,1H3. The summed E-state index contributed by atoms with van der Waals surface area (Å²) in [7, 11) is 1.34. The van der Waals surface area contributed by atoms with E-state index in [9.17, 15) is 4.79 Å². The third kappa shape index (κ3) is 4.96. The molecule has 0 radical (unpaired) electrons. The molecule has 0 heterocycles. The highest BCUT2D eigenvalue weighted by Crippen LogP contribution is 2.30. The molecule has 4 heteroatoms. The molecule has 0 fully saturated rings. The van der Waals surface area contributed by atoms with Crippen LogP contribution in [0.5, 0.6) is 5.75 Å². The minimum Gasteiger partial charge on any atom is -0.488 e. The van der Waals surface area contributed by atoms with Crippen LogP contribution in [0.25, 0.3) is 11.1 Å². The number of hydrogen-bond donors (Lipinski definition) is 1. The maximum Gasteiger partial charge on any atom is 0.322 e. The van der Waals surface area contributed by atoms with Gasteiger partial charge < -0.3 is 15.2 Å². The van der Waals surface area contributed by atoms with Gasteiger partial charge in [-0.2, -0.15) is 0 Å². The molecule has 3 aromatic carbocycles. The molecule has 1 unspecified atom stereocenters. The molecule has 0 aliphatic heterocycles. The Kier molecular flexibility index (Phi) is 6.23. The number of carbonyl (C=O) groups is 1. The minimum atomic E-state index is -0.651. The van der Waals surface area contributed by atoms with Crippen LogP contribution in [-0.2, 0) is 22.6 Å². The lowest BCUT2D eigenvalue weighted by Crippen LogP contribution is -2.33. The van der Waals surface area contributed by atoms with Crippen molar-refractivity contribution in [1.29, 1.82) is 0 Å². The fourth-order valence-electron chi connectivity index (χ4n) is 2.88.